The van der Waals surface area contributed by atoms with E-state index in [0.29, 0.717) is 13.1 Å². The van der Waals surface area contributed by atoms with Crippen molar-refractivity contribution in [3.8, 4) is 11.5 Å². The lowest BCUT2D eigenvalue weighted by Gasteiger charge is -2.07. The van der Waals surface area contributed by atoms with Crippen molar-refractivity contribution >= 4 is 10.9 Å². The van der Waals surface area contributed by atoms with Crippen LogP contribution in [0.15, 0.2) is 47.3 Å². The van der Waals surface area contributed by atoms with Crippen molar-refractivity contribution in [1.29, 1.82) is 0 Å². The number of hydrogen-bond acceptors (Lipinski definition) is 4. The monoisotopic (exact) mass is 322 g/mol. The molecule has 3 aromatic rings. The van der Waals surface area contributed by atoms with Gasteiger partial charge in [0.05, 0.1) is 0 Å². The first-order valence-electron chi connectivity index (χ1n) is 7.91. The van der Waals surface area contributed by atoms with Gasteiger partial charge < -0.3 is 19.8 Å². The number of aromatic nitrogens is 1. The maximum Gasteiger partial charge on any atom is 0.252 e. The molecule has 4 rings (SSSR count). The highest BCUT2D eigenvalue weighted by Crippen LogP contribution is 2.32. The van der Waals surface area contributed by atoms with Crippen molar-refractivity contribution in [2.24, 2.45) is 0 Å². The summed E-state index contributed by atoms with van der Waals surface area (Å²) in [4.78, 5) is 15.1. The second kappa shape index (κ2) is 6.02. The highest BCUT2D eigenvalue weighted by Gasteiger charge is 2.13. The Balaban J connectivity index is 1.48. The molecule has 0 saturated heterocycles. The zero-order valence-corrected chi connectivity index (χ0v) is 13.4. The molecule has 5 heteroatoms. The van der Waals surface area contributed by atoms with Gasteiger partial charge in [-0.2, -0.15) is 0 Å². The molecular formula is C19H18N2O3. The average Bonchev–Trinajstić information content (AvgIpc) is 3.03. The Morgan fingerprint density at radius 1 is 1.04 bits per heavy atom. The third-order valence-corrected chi connectivity index (χ3v) is 4.16. The molecule has 0 aliphatic carbocycles. The molecule has 0 bridgehead atoms. The van der Waals surface area contributed by atoms with E-state index in [1.54, 1.807) is 0 Å². The van der Waals surface area contributed by atoms with Crippen molar-refractivity contribution in [2.75, 3.05) is 6.79 Å². The van der Waals surface area contributed by atoms with Crippen LogP contribution in [0.3, 0.4) is 0 Å². The third-order valence-electron chi connectivity index (χ3n) is 4.16. The number of rotatable bonds is 4. The minimum absolute atomic E-state index is 0.0514. The van der Waals surface area contributed by atoms with Gasteiger partial charge in [0.2, 0.25) is 6.79 Å². The molecule has 2 heterocycles. The van der Waals surface area contributed by atoms with Crippen molar-refractivity contribution in [1.82, 2.24) is 10.3 Å². The SMILES string of the molecule is Cc1ccc2[nH]c(=O)c(CNCc3ccc4c(c3)OCO4)cc2c1. The van der Waals surface area contributed by atoms with E-state index in [1.807, 2.05) is 43.3 Å². The predicted octanol–water partition coefficient (Wildman–Crippen LogP) is 2.86. The van der Waals surface area contributed by atoms with E-state index in [9.17, 15) is 4.79 Å². The summed E-state index contributed by atoms with van der Waals surface area (Å²) in [5.41, 5.74) is 3.81. The summed E-state index contributed by atoms with van der Waals surface area (Å²) >= 11 is 0. The van der Waals surface area contributed by atoms with E-state index >= 15 is 0 Å². The lowest BCUT2D eigenvalue weighted by atomic mass is 10.1. The second-order valence-corrected chi connectivity index (χ2v) is 6.01. The number of aromatic amines is 1. The van der Waals surface area contributed by atoms with E-state index in [0.717, 1.165) is 33.5 Å². The van der Waals surface area contributed by atoms with Gasteiger partial charge in [-0.25, -0.2) is 0 Å². The van der Waals surface area contributed by atoms with Crippen LogP contribution in [0.4, 0.5) is 0 Å². The number of benzene rings is 2. The van der Waals surface area contributed by atoms with Crippen LogP contribution in [-0.4, -0.2) is 11.8 Å². The summed E-state index contributed by atoms with van der Waals surface area (Å²) in [5.74, 6) is 1.55. The Labute approximate surface area is 139 Å². The summed E-state index contributed by atoms with van der Waals surface area (Å²) in [5, 5.41) is 4.36. The fraction of sp³-hybridized carbons (Fsp3) is 0.211. The number of ether oxygens (including phenoxy) is 2. The van der Waals surface area contributed by atoms with Gasteiger partial charge in [-0.05, 0) is 48.2 Å². The minimum atomic E-state index is -0.0514. The quantitative estimate of drug-likeness (QED) is 0.775. The number of aryl methyl sites for hydroxylation is 1. The fourth-order valence-electron chi connectivity index (χ4n) is 2.89. The van der Waals surface area contributed by atoms with Crippen LogP contribution in [0.5, 0.6) is 11.5 Å². The number of fused-ring (bicyclic) bond motifs is 2. The first-order chi connectivity index (χ1) is 11.7. The summed E-state index contributed by atoms with van der Waals surface area (Å²) in [7, 11) is 0. The Morgan fingerprint density at radius 2 is 1.92 bits per heavy atom. The summed E-state index contributed by atoms with van der Waals surface area (Å²) in [6, 6.07) is 13.8. The molecule has 1 aliphatic rings. The summed E-state index contributed by atoms with van der Waals surface area (Å²) in [6.45, 7) is 3.48. The molecule has 0 fully saturated rings. The van der Waals surface area contributed by atoms with Crippen LogP contribution < -0.4 is 20.3 Å². The Kier molecular flexibility index (Phi) is 3.70. The topological polar surface area (TPSA) is 63.4 Å². The predicted molar refractivity (Wildman–Crippen MR) is 92.4 cm³/mol. The average molecular weight is 322 g/mol. The molecule has 2 N–H and O–H groups in total. The fourth-order valence-corrected chi connectivity index (χ4v) is 2.89. The van der Waals surface area contributed by atoms with E-state index in [1.165, 1.54) is 5.56 Å². The lowest BCUT2D eigenvalue weighted by molar-refractivity contribution is 0.174. The zero-order valence-electron chi connectivity index (χ0n) is 13.4. The third kappa shape index (κ3) is 2.86. The zero-order chi connectivity index (χ0) is 16.5. The number of hydrogen-bond donors (Lipinski definition) is 2. The van der Waals surface area contributed by atoms with Gasteiger partial charge in [0.25, 0.3) is 5.56 Å². The molecule has 5 nitrogen and oxygen atoms in total. The van der Waals surface area contributed by atoms with E-state index in [-0.39, 0.29) is 12.4 Å². The minimum Gasteiger partial charge on any atom is -0.454 e. The van der Waals surface area contributed by atoms with Crippen LogP contribution in [0, 0.1) is 6.92 Å². The molecular weight excluding hydrogens is 304 g/mol. The standard InChI is InChI=1S/C19H18N2O3/c1-12-2-4-16-14(6-12)8-15(19(22)21-16)10-20-9-13-3-5-17-18(7-13)24-11-23-17/h2-8,20H,9-11H2,1H3,(H,21,22). The Bertz CT molecular complexity index is 962. The molecule has 24 heavy (non-hydrogen) atoms. The maximum absolute atomic E-state index is 12.2. The Hall–Kier alpha value is -2.79. The summed E-state index contributed by atoms with van der Waals surface area (Å²) in [6.07, 6.45) is 0. The van der Waals surface area contributed by atoms with Crippen molar-refractivity contribution < 1.29 is 9.47 Å². The highest BCUT2D eigenvalue weighted by molar-refractivity contribution is 5.79. The van der Waals surface area contributed by atoms with Gasteiger partial charge in [-0.1, -0.05) is 17.7 Å². The van der Waals surface area contributed by atoms with E-state index in [2.05, 4.69) is 16.4 Å². The molecule has 122 valence electrons. The van der Waals surface area contributed by atoms with E-state index in [4.69, 9.17) is 9.47 Å². The molecule has 0 spiro atoms. The number of H-pyrrole nitrogens is 1. The van der Waals surface area contributed by atoms with Gasteiger partial charge >= 0.3 is 0 Å². The first kappa shape index (κ1) is 14.8. The van der Waals surface area contributed by atoms with Crippen LogP contribution in [0.1, 0.15) is 16.7 Å². The first-order valence-corrected chi connectivity index (χ1v) is 7.91. The van der Waals surface area contributed by atoms with E-state index < -0.39 is 0 Å². The van der Waals surface area contributed by atoms with Crippen LogP contribution in [-0.2, 0) is 13.1 Å². The number of pyridine rings is 1. The van der Waals surface area contributed by atoms with Crippen molar-refractivity contribution in [3.63, 3.8) is 0 Å². The molecule has 0 unspecified atom stereocenters. The molecule has 1 aromatic heterocycles. The van der Waals surface area contributed by atoms with Crippen LogP contribution in [0.25, 0.3) is 10.9 Å². The molecule has 0 atom stereocenters. The van der Waals surface area contributed by atoms with Gasteiger partial charge in [0.15, 0.2) is 11.5 Å². The lowest BCUT2D eigenvalue weighted by Crippen LogP contribution is -2.20. The van der Waals surface area contributed by atoms with Gasteiger partial charge in [0.1, 0.15) is 0 Å². The number of nitrogens with one attached hydrogen (secondary N) is 2. The molecule has 1 aliphatic heterocycles. The normalized spacial score (nSPS) is 12.7. The van der Waals surface area contributed by atoms with Crippen LogP contribution >= 0.6 is 0 Å². The summed E-state index contributed by atoms with van der Waals surface area (Å²) < 4.78 is 10.7. The van der Waals surface area contributed by atoms with Gasteiger partial charge in [-0.3, -0.25) is 4.79 Å². The van der Waals surface area contributed by atoms with Gasteiger partial charge in [-0.15, -0.1) is 0 Å². The smallest absolute Gasteiger partial charge is 0.252 e. The van der Waals surface area contributed by atoms with Gasteiger partial charge in [0, 0.05) is 24.2 Å². The van der Waals surface area contributed by atoms with Crippen LogP contribution in [0.2, 0.25) is 0 Å². The van der Waals surface area contributed by atoms with Crippen molar-refractivity contribution in [3.05, 3.63) is 69.5 Å². The Morgan fingerprint density at radius 3 is 2.83 bits per heavy atom. The largest absolute Gasteiger partial charge is 0.454 e. The molecule has 0 saturated carbocycles. The molecule has 2 aromatic carbocycles. The van der Waals surface area contributed by atoms with Crippen molar-refractivity contribution in [2.45, 2.75) is 20.0 Å². The second-order valence-electron chi connectivity index (χ2n) is 6.01. The molecule has 0 radical (unpaired) electrons. The highest BCUT2D eigenvalue weighted by atomic mass is 16.7. The maximum atomic E-state index is 12.2. The molecule has 0 amide bonds.